The van der Waals surface area contributed by atoms with Gasteiger partial charge in [0, 0.05) is 0 Å². The standard InChI is InChI=1S/C10H18/c1-10-7-3-2-5-9(10)6-4-8-10/h9H,2-8H2,1H3/t9?,10-/m1/s1. The second-order valence-electron chi connectivity index (χ2n) is 4.49. The molecule has 0 N–H and O–H groups in total. The monoisotopic (exact) mass is 138 g/mol. The maximum atomic E-state index is 2.52. The van der Waals surface area contributed by atoms with Crippen molar-refractivity contribution in [3.05, 3.63) is 0 Å². The van der Waals surface area contributed by atoms with Crippen molar-refractivity contribution in [2.75, 3.05) is 0 Å². The van der Waals surface area contributed by atoms with Crippen molar-refractivity contribution in [1.82, 2.24) is 0 Å². The zero-order chi connectivity index (χ0) is 7.03. The lowest BCUT2D eigenvalue weighted by Crippen LogP contribution is -2.25. The molecule has 1 unspecified atom stereocenters. The van der Waals surface area contributed by atoms with Gasteiger partial charge < -0.3 is 0 Å². The maximum absolute atomic E-state index is 2.52. The van der Waals surface area contributed by atoms with Crippen molar-refractivity contribution in [2.24, 2.45) is 11.3 Å². The molecule has 2 atom stereocenters. The Kier molecular flexibility index (Phi) is 1.51. The molecule has 0 heterocycles. The van der Waals surface area contributed by atoms with Gasteiger partial charge in [-0.15, -0.1) is 0 Å². The summed E-state index contributed by atoms with van der Waals surface area (Å²) in [5.74, 6) is 1.11. The average Bonchev–Trinajstić information content (AvgIpc) is 2.29. The Morgan fingerprint density at radius 3 is 2.50 bits per heavy atom. The molecule has 0 amide bonds. The molecule has 0 aromatic heterocycles. The second-order valence-corrected chi connectivity index (χ2v) is 4.49. The van der Waals surface area contributed by atoms with Gasteiger partial charge in [-0.1, -0.05) is 26.2 Å². The summed E-state index contributed by atoms with van der Waals surface area (Å²) in [4.78, 5) is 0. The Bertz CT molecular complexity index is 128. The lowest BCUT2D eigenvalue weighted by Gasteiger charge is -2.36. The Morgan fingerprint density at radius 2 is 1.70 bits per heavy atom. The van der Waals surface area contributed by atoms with E-state index in [9.17, 15) is 0 Å². The van der Waals surface area contributed by atoms with Crippen LogP contribution in [0.2, 0.25) is 0 Å². The first-order valence-corrected chi connectivity index (χ1v) is 4.81. The molecule has 0 aromatic carbocycles. The summed E-state index contributed by atoms with van der Waals surface area (Å²) in [5.41, 5.74) is 0.790. The summed E-state index contributed by atoms with van der Waals surface area (Å²) in [6, 6.07) is 0. The van der Waals surface area contributed by atoms with E-state index in [0.29, 0.717) is 0 Å². The molecule has 0 radical (unpaired) electrons. The van der Waals surface area contributed by atoms with Crippen molar-refractivity contribution < 1.29 is 0 Å². The van der Waals surface area contributed by atoms with Crippen LogP contribution in [0.15, 0.2) is 0 Å². The molecular weight excluding hydrogens is 120 g/mol. The van der Waals surface area contributed by atoms with E-state index >= 15 is 0 Å². The van der Waals surface area contributed by atoms with Gasteiger partial charge >= 0.3 is 0 Å². The van der Waals surface area contributed by atoms with Gasteiger partial charge in [-0.05, 0) is 37.0 Å². The topological polar surface area (TPSA) is 0 Å². The van der Waals surface area contributed by atoms with Crippen molar-refractivity contribution in [3.63, 3.8) is 0 Å². The fourth-order valence-corrected chi connectivity index (χ4v) is 3.05. The van der Waals surface area contributed by atoms with Crippen LogP contribution in [0.5, 0.6) is 0 Å². The van der Waals surface area contributed by atoms with Gasteiger partial charge in [0.15, 0.2) is 0 Å². The number of hydrogen-bond donors (Lipinski definition) is 0. The third kappa shape index (κ3) is 0.889. The lowest BCUT2D eigenvalue weighted by atomic mass is 9.70. The highest BCUT2D eigenvalue weighted by atomic mass is 14.4. The average molecular weight is 138 g/mol. The molecule has 2 aliphatic rings. The molecule has 0 aliphatic heterocycles. The quantitative estimate of drug-likeness (QED) is 0.481. The van der Waals surface area contributed by atoms with Gasteiger partial charge in [0.25, 0.3) is 0 Å². The minimum Gasteiger partial charge on any atom is -0.0594 e. The second kappa shape index (κ2) is 2.25. The maximum Gasteiger partial charge on any atom is -0.0298 e. The van der Waals surface area contributed by atoms with Crippen molar-refractivity contribution in [1.29, 1.82) is 0 Å². The van der Waals surface area contributed by atoms with E-state index < -0.39 is 0 Å². The first-order valence-electron chi connectivity index (χ1n) is 4.81. The van der Waals surface area contributed by atoms with Gasteiger partial charge in [0.05, 0.1) is 0 Å². The first-order chi connectivity index (χ1) is 4.81. The SMILES string of the molecule is C[C@]12CCCCC1CCC2. The Morgan fingerprint density at radius 1 is 1.00 bits per heavy atom. The highest BCUT2D eigenvalue weighted by Gasteiger charge is 2.39. The molecule has 0 nitrogen and oxygen atoms in total. The van der Waals surface area contributed by atoms with E-state index in [2.05, 4.69) is 6.92 Å². The van der Waals surface area contributed by atoms with Crippen LogP contribution in [-0.2, 0) is 0 Å². The van der Waals surface area contributed by atoms with E-state index in [1.807, 2.05) is 0 Å². The van der Waals surface area contributed by atoms with Crippen LogP contribution >= 0.6 is 0 Å². The smallest absolute Gasteiger partial charge is 0.0298 e. The summed E-state index contributed by atoms with van der Waals surface area (Å²) < 4.78 is 0. The molecule has 2 rings (SSSR count). The van der Waals surface area contributed by atoms with Gasteiger partial charge in [0.2, 0.25) is 0 Å². The van der Waals surface area contributed by atoms with Gasteiger partial charge in [-0.2, -0.15) is 0 Å². The van der Waals surface area contributed by atoms with Crippen molar-refractivity contribution in [3.8, 4) is 0 Å². The van der Waals surface area contributed by atoms with Crippen LogP contribution in [0.4, 0.5) is 0 Å². The van der Waals surface area contributed by atoms with Gasteiger partial charge in [-0.25, -0.2) is 0 Å². The van der Waals surface area contributed by atoms with Crippen LogP contribution in [0.1, 0.15) is 51.9 Å². The summed E-state index contributed by atoms with van der Waals surface area (Å²) in [6.45, 7) is 2.52. The molecule has 0 bridgehead atoms. The molecule has 0 saturated heterocycles. The predicted molar refractivity (Wildman–Crippen MR) is 43.9 cm³/mol. The molecular formula is C10H18. The molecule has 0 aromatic rings. The highest BCUT2D eigenvalue weighted by molar-refractivity contribution is 4.90. The number of hydrogen-bond acceptors (Lipinski definition) is 0. The predicted octanol–water partition coefficient (Wildman–Crippen LogP) is 3.37. The van der Waals surface area contributed by atoms with Crippen LogP contribution in [-0.4, -0.2) is 0 Å². The molecule has 0 spiro atoms. The Balaban J connectivity index is 2.10. The molecule has 2 fully saturated rings. The highest BCUT2D eigenvalue weighted by Crippen LogP contribution is 2.51. The Hall–Kier alpha value is 0. The first kappa shape index (κ1) is 6.69. The van der Waals surface area contributed by atoms with E-state index in [1.165, 1.54) is 44.9 Å². The van der Waals surface area contributed by atoms with Crippen molar-refractivity contribution >= 4 is 0 Å². The molecule has 2 saturated carbocycles. The van der Waals surface area contributed by atoms with E-state index in [1.54, 1.807) is 0 Å². The van der Waals surface area contributed by atoms with Crippen molar-refractivity contribution in [2.45, 2.75) is 51.9 Å². The minimum atomic E-state index is 0.790. The summed E-state index contributed by atoms with van der Waals surface area (Å²) in [6.07, 6.45) is 10.7. The summed E-state index contributed by atoms with van der Waals surface area (Å²) in [5, 5.41) is 0. The molecule has 58 valence electrons. The van der Waals surface area contributed by atoms with Crippen LogP contribution in [0.25, 0.3) is 0 Å². The third-order valence-corrected chi connectivity index (χ3v) is 3.84. The normalized spacial score (nSPS) is 47.1. The summed E-state index contributed by atoms with van der Waals surface area (Å²) >= 11 is 0. The van der Waals surface area contributed by atoms with E-state index in [0.717, 1.165) is 11.3 Å². The third-order valence-electron chi connectivity index (χ3n) is 3.84. The zero-order valence-electron chi connectivity index (χ0n) is 7.03. The lowest BCUT2D eigenvalue weighted by molar-refractivity contribution is 0.153. The largest absolute Gasteiger partial charge is 0.0594 e. The number of rotatable bonds is 0. The fraction of sp³-hybridized carbons (Fsp3) is 1.00. The number of fused-ring (bicyclic) bond motifs is 1. The molecule has 0 heteroatoms. The van der Waals surface area contributed by atoms with E-state index in [-0.39, 0.29) is 0 Å². The minimum absolute atomic E-state index is 0.790. The zero-order valence-corrected chi connectivity index (χ0v) is 7.03. The fourth-order valence-electron chi connectivity index (χ4n) is 3.05. The Labute approximate surface area is 64.0 Å². The molecule has 10 heavy (non-hydrogen) atoms. The summed E-state index contributed by atoms with van der Waals surface area (Å²) in [7, 11) is 0. The van der Waals surface area contributed by atoms with Crippen LogP contribution in [0, 0.1) is 11.3 Å². The van der Waals surface area contributed by atoms with Crippen LogP contribution < -0.4 is 0 Å². The van der Waals surface area contributed by atoms with Gasteiger partial charge in [0.1, 0.15) is 0 Å². The molecule has 2 aliphatic carbocycles. The van der Waals surface area contributed by atoms with Crippen LogP contribution in [0.3, 0.4) is 0 Å². The van der Waals surface area contributed by atoms with Gasteiger partial charge in [-0.3, -0.25) is 0 Å². The van der Waals surface area contributed by atoms with E-state index in [4.69, 9.17) is 0 Å².